The Hall–Kier alpha value is -0.980. The number of nitrogens with zero attached hydrogens (tertiary/aromatic N) is 1. The quantitative estimate of drug-likeness (QED) is 0.626. The zero-order valence-corrected chi connectivity index (χ0v) is 12.5. The minimum atomic E-state index is -3.77. The Kier molecular flexibility index (Phi) is 4.84. The molecule has 0 spiro atoms. The van der Waals surface area contributed by atoms with Crippen molar-refractivity contribution in [2.24, 2.45) is 0 Å². The van der Waals surface area contributed by atoms with E-state index in [4.69, 9.17) is 16.4 Å². The van der Waals surface area contributed by atoms with Gasteiger partial charge in [0.2, 0.25) is 0 Å². The van der Waals surface area contributed by atoms with Crippen LogP contribution in [0.15, 0.2) is 29.2 Å². The van der Waals surface area contributed by atoms with Crippen molar-refractivity contribution in [1.29, 1.82) is 0 Å². The highest BCUT2D eigenvalue weighted by Gasteiger charge is 2.22. The lowest BCUT2D eigenvalue weighted by Crippen LogP contribution is -2.33. The number of benzene rings is 1. The Morgan fingerprint density at radius 1 is 1.28 bits per heavy atom. The van der Waals surface area contributed by atoms with Gasteiger partial charge in [-0.2, -0.15) is 8.42 Å². The summed E-state index contributed by atoms with van der Waals surface area (Å²) in [4.78, 5) is 2.23. The molecule has 18 heavy (non-hydrogen) atoms. The lowest BCUT2D eigenvalue weighted by molar-refractivity contribution is 0.280. The summed E-state index contributed by atoms with van der Waals surface area (Å²) in [5, 5.41) is 0. The van der Waals surface area contributed by atoms with Crippen LogP contribution >= 0.6 is 12.2 Å². The second-order valence-corrected chi connectivity index (χ2v) is 6.23. The van der Waals surface area contributed by atoms with Crippen LogP contribution in [0.2, 0.25) is 0 Å². The normalized spacial score (nSPS) is 13.1. The molecule has 0 saturated carbocycles. The van der Waals surface area contributed by atoms with Gasteiger partial charge in [0, 0.05) is 14.1 Å². The van der Waals surface area contributed by atoms with E-state index >= 15 is 0 Å². The number of thiocarbonyl (C=S) groups is 1. The summed E-state index contributed by atoms with van der Waals surface area (Å²) in [6.45, 7) is 3.51. The molecule has 4 nitrogen and oxygen atoms in total. The van der Waals surface area contributed by atoms with Crippen molar-refractivity contribution in [3.8, 4) is 0 Å². The van der Waals surface area contributed by atoms with Crippen molar-refractivity contribution in [3.63, 3.8) is 0 Å². The van der Waals surface area contributed by atoms with Crippen LogP contribution in [0.4, 0.5) is 0 Å². The molecule has 6 heteroatoms. The first-order valence-corrected chi connectivity index (χ1v) is 7.27. The smallest absolute Gasteiger partial charge is 0.297 e. The van der Waals surface area contributed by atoms with E-state index in [1.807, 2.05) is 6.92 Å². The van der Waals surface area contributed by atoms with E-state index in [1.54, 1.807) is 38.1 Å². The van der Waals surface area contributed by atoms with E-state index in [-0.39, 0.29) is 4.90 Å². The molecule has 0 fully saturated rings. The zero-order valence-electron chi connectivity index (χ0n) is 10.9. The van der Waals surface area contributed by atoms with Crippen molar-refractivity contribution >= 4 is 27.3 Å². The van der Waals surface area contributed by atoms with Crippen molar-refractivity contribution in [2.45, 2.75) is 24.8 Å². The lowest BCUT2D eigenvalue weighted by Gasteiger charge is -2.20. The van der Waals surface area contributed by atoms with Gasteiger partial charge in [0.05, 0.1) is 4.90 Å². The molecule has 0 saturated heterocycles. The average Bonchev–Trinajstić information content (AvgIpc) is 2.27. The average molecular weight is 287 g/mol. The highest BCUT2D eigenvalue weighted by molar-refractivity contribution is 7.87. The molecule has 0 heterocycles. The summed E-state index contributed by atoms with van der Waals surface area (Å²) in [7, 11) is -0.268. The van der Waals surface area contributed by atoms with Gasteiger partial charge in [-0.05, 0) is 26.0 Å². The molecule has 0 radical (unpaired) electrons. The van der Waals surface area contributed by atoms with Gasteiger partial charge in [0.25, 0.3) is 10.1 Å². The Bertz CT molecular complexity index is 521. The van der Waals surface area contributed by atoms with Crippen LogP contribution in [0.1, 0.15) is 12.5 Å². The number of aryl methyl sites for hydroxylation is 1. The van der Waals surface area contributed by atoms with Crippen LogP contribution in [0.5, 0.6) is 0 Å². The predicted molar refractivity (Wildman–Crippen MR) is 75.2 cm³/mol. The van der Waals surface area contributed by atoms with E-state index in [0.717, 1.165) is 5.56 Å². The molecule has 0 aliphatic carbocycles. The second-order valence-electron chi connectivity index (χ2n) is 4.24. The Morgan fingerprint density at radius 3 is 2.22 bits per heavy atom. The van der Waals surface area contributed by atoms with Crippen LogP contribution in [0.3, 0.4) is 0 Å². The van der Waals surface area contributed by atoms with Gasteiger partial charge in [0.15, 0.2) is 0 Å². The van der Waals surface area contributed by atoms with Crippen LogP contribution in [-0.2, 0) is 14.3 Å². The SMILES string of the molecule is Cc1ccc(S(=O)(=O)OC(C)C(=S)N(C)C)cc1. The van der Waals surface area contributed by atoms with Gasteiger partial charge in [-0.25, -0.2) is 0 Å². The van der Waals surface area contributed by atoms with Crippen molar-refractivity contribution in [1.82, 2.24) is 4.90 Å². The molecule has 1 aromatic rings. The lowest BCUT2D eigenvalue weighted by atomic mass is 10.2. The summed E-state index contributed by atoms with van der Waals surface area (Å²) in [5.41, 5.74) is 0.991. The molecule has 1 rings (SSSR count). The maximum Gasteiger partial charge on any atom is 0.297 e. The highest BCUT2D eigenvalue weighted by atomic mass is 32.2. The second kappa shape index (κ2) is 5.77. The van der Waals surface area contributed by atoms with E-state index in [9.17, 15) is 8.42 Å². The first-order valence-electron chi connectivity index (χ1n) is 5.45. The molecule has 0 aliphatic heterocycles. The fourth-order valence-corrected chi connectivity index (χ4v) is 2.52. The van der Waals surface area contributed by atoms with E-state index in [0.29, 0.717) is 4.99 Å². The van der Waals surface area contributed by atoms with Gasteiger partial charge in [-0.1, -0.05) is 29.9 Å². The third kappa shape index (κ3) is 3.76. The molecule has 0 amide bonds. The van der Waals surface area contributed by atoms with Gasteiger partial charge in [-0.3, -0.25) is 4.18 Å². The third-order valence-electron chi connectivity index (χ3n) is 2.37. The molecule has 1 aromatic carbocycles. The molecular weight excluding hydrogens is 270 g/mol. The van der Waals surface area contributed by atoms with E-state index < -0.39 is 16.2 Å². The molecule has 1 atom stereocenters. The summed E-state index contributed by atoms with van der Waals surface area (Å²) in [6, 6.07) is 6.50. The fraction of sp³-hybridized carbons (Fsp3) is 0.417. The van der Waals surface area contributed by atoms with Gasteiger partial charge >= 0.3 is 0 Å². The fourth-order valence-electron chi connectivity index (χ4n) is 1.36. The molecule has 0 aliphatic rings. The molecule has 0 N–H and O–H groups in total. The van der Waals surface area contributed by atoms with Gasteiger partial charge in [-0.15, -0.1) is 0 Å². The van der Waals surface area contributed by atoms with Crippen LogP contribution in [0, 0.1) is 6.92 Å². The monoisotopic (exact) mass is 287 g/mol. The number of hydrogen-bond donors (Lipinski definition) is 0. The maximum atomic E-state index is 12.0. The predicted octanol–water partition coefficient (Wildman–Crippen LogP) is 1.98. The minimum absolute atomic E-state index is 0.140. The molecular formula is C12H17NO3S2. The summed E-state index contributed by atoms with van der Waals surface area (Å²) in [6.07, 6.45) is -0.665. The molecule has 100 valence electrons. The summed E-state index contributed by atoms with van der Waals surface area (Å²) >= 11 is 5.08. The van der Waals surface area contributed by atoms with Crippen molar-refractivity contribution in [3.05, 3.63) is 29.8 Å². The Labute approximate surface area is 114 Å². The first-order chi connectivity index (χ1) is 8.24. The van der Waals surface area contributed by atoms with E-state index in [2.05, 4.69) is 0 Å². The van der Waals surface area contributed by atoms with Gasteiger partial charge in [0.1, 0.15) is 11.1 Å². The molecule has 0 aromatic heterocycles. The topological polar surface area (TPSA) is 46.6 Å². The van der Waals surface area contributed by atoms with Crippen molar-refractivity contribution in [2.75, 3.05) is 14.1 Å². The van der Waals surface area contributed by atoms with Crippen molar-refractivity contribution < 1.29 is 12.6 Å². The number of hydrogen-bond acceptors (Lipinski definition) is 4. The zero-order chi connectivity index (χ0) is 13.9. The minimum Gasteiger partial charge on any atom is -0.370 e. The standard InChI is InChI=1S/C12H17NO3S2/c1-9-5-7-11(8-6-9)18(14,15)16-10(2)12(17)13(3)4/h5-8,10H,1-4H3. The summed E-state index contributed by atoms with van der Waals surface area (Å²) in [5.74, 6) is 0. The van der Waals surface area contributed by atoms with Crippen LogP contribution in [-0.4, -0.2) is 38.5 Å². The Morgan fingerprint density at radius 2 is 1.78 bits per heavy atom. The molecule has 0 bridgehead atoms. The highest BCUT2D eigenvalue weighted by Crippen LogP contribution is 2.15. The van der Waals surface area contributed by atoms with Crippen LogP contribution < -0.4 is 0 Å². The number of likely N-dealkylation sites (N-methyl/N-ethyl adjacent to an activating group) is 1. The Balaban J connectivity index is 2.89. The first kappa shape index (κ1) is 15.1. The molecule has 1 unspecified atom stereocenters. The maximum absolute atomic E-state index is 12.0. The largest absolute Gasteiger partial charge is 0.370 e. The summed E-state index contributed by atoms with van der Waals surface area (Å²) < 4.78 is 29.0. The van der Waals surface area contributed by atoms with Gasteiger partial charge < -0.3 is 4.90 Å². The number of rotatable bonds is 4. The third-order valence-corrected chi connectivity index (χ3v) is 4.46. The van der Waals surface area contributed by atoms with E-state index in [1.165, 1.54) is 12.1 Å². The van der Waals surface area contributed by atoms with Crippen LogP contribution in [0.25, 0.3) is 0 Å².